The van der Waals surface area contributed by atoms with Gasteiger partial charge in [-0.2, -0.15) is 0 Å². The lowest BCUT2D eigenvalue weighted by Gasteiger charge is -2.53. The molecular weight excluding hydrogens is 1710 g/mol. The zero-order chi connectivity index (χ0) is 94.1. The lowest BCUT2D eigenvalue weighted by atomic mass is 9.83. The molecule has 9 aromatic carbocycles. The van der Waals surface area contributed by atoms with Gasteiger partial charge in [0.05, 0.1) is 72.7 Å². The van der Waals surface area contributed by atoms with Crippen LogP contribution in [0.4, 0.5) is 0 Å². The smallest absolute Gasteiger partial charge is 0.306 e. The number of unbranched alkanes of at least 4 members (excludes halogenated alkanes) is 26. The van der Waals surface area contributed by atoms with Crippen molar-refractivity contribution in [2.24, 2.45) is 0 Å². The van der Waals surface area contributed by atoms with E-state index in [0.29, 0.717) is 12.8 Å². The van der Waals surface area contributed by atoms with E-state index in [0.717, 1.165) is 95.0 Å². The van der Waals surface area contributed by atoms with Crippen molar-refractivity contribution >= 4 is 11.9 Å². The van der Waals surface area contributed by atoms with Crippen molar-refractivity contribution in [3.8, 4) is 0 Å². The van der Waals surface area contributed by atoms with Gasteiger partial charge in [0, 0.05) is 12.8 Å². The van der Waals surface area contributed by atoms with Gasteiger partial charge in [0.2, 0.25) is 0 Å². The number of hydrogen-bond donors (Lipinski definition) is 0. The summed E-state index contributed by atoms with van der Waals surface area (Å²) in [5.41, 5.74) is 7.96. The van der Waals surface area contributed by atoms with E-state index in [1.54, 1.807) is 6.08 Å². The van der Waals surface area contributed by atoms with E-state index >= 15 is 4.79 Å². The number of rotatable bonds is 68. The Labute approximate surface area is 812 Å². The summed E-state index contributed by atoms with van der Waals surface area (Å²) in [5.74, 6) is -0.856. The Morgan fingerprint density at radius 2 is 0.478 bits per heavy atom. The molecule has 0 bridgehead atoms. The van der Waals surface area contributed by atoms with Crippen LogP contribution in [0.15, 0.2) is 286 Å². The number of carbonyl (C=O) groups excluding carboxylic acids is 2. The van der Waals surface area contributed by atoms with Crippen LogP contribution in [0.2, 0.25) is 0 Å². The van der Waals surface area contributed by atoms with Crippen molar-refractivity contribution < 1.29 is 85.4 Å². The average Bonchev–Trinajstić information content (AvgIpc) is 0.743. The third kappa shape index (κ3) is 37.7. The first-order valence-corrected chi connectivity index (χ1v) is 51.3. The number of benzene rings is 9. The maximum absolute atomic E-state index is 15.9. The summed E-state index contributed by atoms with van der Waals surface area (Å²) in [6.45, 7) is 9.45. The van der Waals surface area contributed by atoms with E-state index in [9.17, 15) is 4.79 Å². The van der Waals surface area contributed by atoms with Crippen LogP contribution in [0.1, 0.15) is 257 Å². The summed E-state index contributed by atoms with van der Waals surface area (Å²) in [6, 6.07) is 89.7. The largest absolute Gasteiger partial charge is 0.463 e. The minimum absolute atomic E-state index is 0.00610. The van der Waals surface area contributed by atoms with Crippen molar-refractivity contribution in [1.82, 2.24) is 0 Å². The highest BCUT2D eigenvalue weighted by Crippen LogP contribution is 2.43. The molecule has 1 aliphatic carbocycles. The second-order valence-electron chi connectivity index (χ2n) is 36.8. The van der Waals surface area contributed by atoms with Crippen molar-refractivity contribution in [3.63, 3.8) is 0 Å². The van der Waals surface area contributed by atoms with E-state index in [-0.39, 0.29) is 98.1 Å². The second-order valence-corrected chi connectivity index (χ2v) is 36.8. The number of esters is 2. The van der Waals surface area contributed by atoms with E-state index in [1.807, 2.05) is 273 Å². The van der Waals surface area contributed by atoms with Crippen LogP contribution in [-0.4, -0.2) is 130 Å². The average molecular weight is 1860 g/mol. The molecular formula is C118H154O18. The molecule has 16 atom stereocenters. The number of hydrogen-bond acceptors (Lipinski definition) is 18. The first-order chi connectivity index (χ1) is 67.3. The molecule has 18 nitrogen and oxygen atoms in total. The highest BCUT2D eigenvalue weighted by molar-refractivity contribution is 5.70. The summed E-state index contributed by atoms with van der Waals surface area (Å²) < 4.78 is 119. The van der Waals surface area contributed by atoms with Gasteiger partial charge in [-0.1, -0.05) is 460 Å². The fourth-order valence-corrected chi connectivity index (χ4v) is 18.4. The van der Waals surface area contributed by atoms with Crippen LogP contribution in [0.25, 0.3) is 0 Å². The number of ether oxygens (including phenoxy) is 16. The summed E-state index contributed by atoms with van der Waals surface area (Å²) in [5, 5.41) is 0. The van der Waals surface area contributed by atoms with Gasteiger partial charge < -0.3 is 75.8 Å². The zero-order valence-corrected chi connectivity index (χ0v) is 81.0. The van der Waals surface area contributed by atoms with Gasteiger partial charge in [-0.05, 0) is 62.9 Å². The molecule has 0 unspecified atom stereocenters. The minimum atomic E-state index is -1.49. The standard InChI is InChI=1S/C118H154O18/c1-4-7-9-11-13-15-17-19-20-22-24-26-28-30-59-79-104(120)134-113-110(129-87-98-72-52-37-53-73-98)109(128-86-97-70-50-36-51-71-97)112(135-117-115(130-88-99-74-54-38-55-75-99)107(126-84-95-66-46-34-47-67-95)105(124-82-93-62-42-32-43-63-93)101(132-117)90-121-81-92-60-40-31-41-61-92)111(122-80-6-3)114(113)136-118-116(131-89-100-76-56-39-57-77-100)108(127-85-96-68-48-35-49-69-96)106(125-83-94-64-44-33-45-65-94)102(133-118)91-123-103(119)78-58-29-27-25-23-21-18-16-14-12-10-8-5-2/h6,31-57,60-77,101-102,105-118H,3-5,7-30,58-59,78-91H2,1-2H3/t101-,102-,105-,106-,107+,108+,109+,110+,111+,112-,113-,114+,115+,116+,117-,118-/m1/s1. The van der Waals surface area contributed by atoms with E-state index < -0.39 is 104 Å². The summed E-state index contributed by atoms with van der Waals surface area (Å²) in [7, 11) is 0. The zero-order valence-electron chi connectivity index (χ0n) is 81.0. The molecule has 2 heterocycles. The van der Waals surface area contributed by atoms with Crippen LogP contribution in [0, 0.1) is 0 Å². The SMILES string of the molecule is C=CCO[C@H]1[C@H](O[C@H]2O[C@H](COCc3ccccc3)[C@@H](OCc3ccccc3)[C@H](OCc3ccccc3)[C@@H]2OCc2ccccc2)[C@@H](OCc2ccccc2)[C@H](OCc2ccccc2)[C@@H](OC(=O)CCCCCCCCCCCCCCCCC)[C@H]1O[C@H]1O[C@H](COC(=O)CCCCCCCCCCCCCCC)[C@@H](OCc2ccccc2)[C@H](OCc2ccccc2)[C@@H]1OCc1ccccc1. The van der Waals surface area contributed by atoms with E-state index in [2.05, 4.69) is 20.4 Å². The summed E-state index contributed by atoms with van der Waals surface area (Å²) in [6.07, 6.45) is 15.6. The maximum atomic E-state index is 15.9. The maximum Gasteiger partial charge on any atom is 0.306 e. The minimum Gasteiger partial charge on any atom is -0.463 e. The van der Waals surface area contributed by atoms with Gasteiger partial charge in [0.25, 0.3) is 0 Å². The Morgan fingerprint density at radius 3 is 0.772 bits per heavy atom. The van der Waals surface area contributed by atoms with Crippen LogP contribution in [0.3, 0.4) is 0 Å². The Balaban J connectivity index is 0.974. The molecule has 2 saturated heterocycles. The Kier molecular flexibility index (Phi) is 49.6. The molecule has 734 valence electrons. The van der Waals surface area contributed by atoms with Crippen molar-refractivity contribution in [2.75, 3.05) is 19.8 Å². The molecule has 3 fully saturated rings. The van der Waals surface area contributed by atoms with Crippen molar-refractivity contribution in [3.05, 3.63) is 336 Å². The van der Waals surface area contributed by atoms with Crippen molar-refractivity contribution in [1.29, 1.82) is 0 Å². The van der Waals surface area contributed by atoms with Gasteiger partial charge in [-0.15, -0.1) is 6.58 Å². The fraction of sp³-hybridized carbons (Fsp3) is 0.508. The van der Waals surface area contributed by atoms with Crippen LogP contribution < -0.4 is 0 Å². The lowest BCUT2D eigenvalue weighted by Crippen LogP contribution is -2.71. The Bertz CT molecular complexity index is 4550. The van der Waals surface area contributed by atoms with Gasteiger partial charge in [0.15, 0.2) is 18.7 Å². The molecule has 18 heteroatoms. The third-order valence-corrected chi connectivity index (χ3v) is 25.9. The third-order valence-electron chi connectivity index (χ3n) is 25.9. The summed E-state index contributed by atoms with van der Waals surface area (Å²) >= 11 is 0. The normalized spacial score (nSPS) is 22.2. The molecule has 136 heavy (non-hydrogen) atoms. The second kappa shape index (κ2) is 63.6. The molecule has 12 rings (SSSR count). The molecule has 1 saturated carbocycles. The quantitative estimate of drug-likeness (QED) is 0.0199. The molecule has 9 aromatic rings. The van der Waals surface area contributed by atoms with Crippen LogP contribution in [0.5, 0.6) is 0 Å². The molecule has 3 aliphatic rings. The Morgan fingerprint density at radius 1 is 0.250 bits per heavy atom. The highest BCUT2D eigenvalue weighted by atomic mass is 16.8. The molecule has 0 aromatic heterocycles. The lowest BCUT2D eigenvalue weighted by molar-refractivity contribution is -0.381. The first kappa shape index (κ1) is 106. The molecule has 2 aliphatic heterocycles. The van der Waals surface area contributed by atoms with Gasteiger partial charge in [-0.25, -0.2) is 0 Å². The predicted octanol–water partition coefficient (Wildman–Crippen LogP) is 25.9. The fourth-order valence-electron chi connectivity index (χ4n) is 18.4. The van der Waals surface area contributed by atoms with Crippen LogP contribution >= 0.6 is 0 Å². The van der Waals surface area contributed by atoms with Gasteiger partial charge in [0.1, 0.15) is 86.0 Å². The van der Waals surface area contributed by atoms with E-state index in [4.69, 9.17) is 75.8 Å². The molecule has 0 N–H and O–H groups in total. The van der Waals surface area contributed by atoms with Crippen molar-refractivity contribution in [2.45, 2.75) is 364 Å². The first-order valence-electron chi connectivity index (χ1n) is 51.3. The molecule has 0 radical (unpaired) electrons. The number of carbonyl (C=O) groups is 2. The van der Waals surface area contributed by atoms with E-state index in [1.165, 1.54) is 122 Å². The topological polar surface area (TPSA) is 182 Å². The van der Waals surface area contributed by atoms with Gasteiger partial charge in [-0.3, -0.25) is 9.59 Å². The van der Waals surface area contributed by atoms with Crippen LogP contribution in [-0.2, 0) is 145 Å². The molecule has 0 spiro atoms. The Hall–Kier alpha value is -8.90. The monoisotopic (exact) mass is 1860 g/mol. The predicted molar refractivity (Wildman–Crippen MR) is 534 cm³/mol. The highest BCUT2D eigenvalue weighted by Gasteiger charge is 2.61. The van der Waals surface area contributed by atoms with Gasteiger partial charge >= 0.3 is 11.9 Å². The molecule has 0 amide bonds. The summed E-state index contributed by atoms with van der Waals surface area (Å²) in [4.78, 5) is 30.5.